The van der Waals surface area contributed by atoms with Crippen LogP contribution in [0.3, 0.4) is 0 Å². The van der Waals surface area contributed by atoms with Crippen molar-refractivity contribution in [2.24, 2.45) is 0 Å². The van der Waals surface area contributed by atoms with E-state index in [-0.39, 0.29) is 0 Å². The number of nitrogens with zero attached hydrogens (tertiary/aromatic N) is 5. The van der Waals surface area contributed by atoms with Crippen molar-refractivity contribution in [3.63, 3.8) is 0 Å². The number of rotatable bonds is 2. The fourth-order valence-corrected chi connectivity index (χ4v) is 2.86. The minimum atomic E-state index is 0.553. The Morgan fingerprint density at radius 1 is 1.00 bits per heavy atom. The van der Waals surface area contributed by atoms with E-state index in [4.69, 9.17) is 4.98 Å². The monoisotopic (exact) mass is 327 g/mol. The zero-order valence-corrected chi connectivity index (χ0v) is 14.1. The van der Waals surface area contributed by atoms with Crippen molar-refractivity contribution in [3.05, 3.63) is 60.4 Å². The van der Waals surface area contributed by atoms with E-state index in [2.05, 4.69) is 45.1 Å². The molecule has 0 atom stereocenters. The van der Waals surface area contributed by atoms with Gasteiger partial charge in [-0.25, -0.2) is 0 Å². The van der Waals surface area contributed by atoms with Crippen molar-refractivity contribution in [3.8, 4) is 11.8 Å². The first-order chi connectivity index (χ1) is 12.3. The molecule has 0 aliphatic rings. The second-order valence-corrected chi connectivity index (χ2v) is 5.66. The van der Waals surface area contributed by atoms with Crippen LogP contribution in [0.15, 0.2) is 54.6 Å². The van der Waals surface area contributed by atoms with Crippen LogP contribution < -0.4 is 4.90 Å². The summed E-state index contributed by atoms with van der Waals surface area (Å²) in [4.78, 5) is 6.82. The standard InChI is InChI=1S/C20H17N5/c1-3-4-14-18-22-23-20-21-19(24(2)15-10-6-5-7-11-15)16-12-8-9-13-17(16)25(18)20/h5-13H,3H2,1-2H3. The topological polar surface area (TPSA) is 46.3 Å². The van der Waals surface area contributed by atoms with Crippen molar-refractivity contribution < 1.29 is 0 Å². The summed E-state index contributed by atoms with van der Waals surface area (Å²) in [5, 5.41) is 9.47. The number of hydrogen-bond donors (Lipinski definition) is 0. The molecule has 0 spiro atoms. The van der Waals surface area contributed by atoms with Gasteiger partial charge in [0, 0.05) is 24.5 Å². The average Bonchev–Trinajstić information content (AvgIpc) is 3.09. The highest BCUT2D eigenvalue weighted by atomic mass is 15.3. The number of benzene rings is 2. The van der Waals surface area contributed by atoms with E-state index in [1.807, 2.05) is 54.8 Å². The number of fused-ring (bicyclic) bond motifs is 3. The van der Waals surface area contributed by atoms with E-state index in [1.165, 1.54) is 0 Å². The third-order valence-electron chi connectivity index (χ3n) is 4.08. The van der Waals surface area contributed by atoms with Crippen LogP contribution in [0.2, 0.25) is 0 Å². The van der Waals surface area contributed by atoms with Crippen molar-refractivity contribution >= 4 is 28.2 Å². The minimum Gasteiger partial charge on any atom is -0.329 e. The van der Waals surface area contributed by atoms with Crippen LogP contribution >= 0.6 is 0 Å². The smallest absolute Gasteiger partial charge is 0.258 e. The lowest BCUT2D eigenvalue weighted by molar-refractivity contribution is 1.07. The first-order valence-corrected chi connectivity index (χ1v) is 8.21. The number of aromatic nitrogens is 4. The van der Waals surface area contributed by atoms with Gasteiger partial charge in [-0.1, -0.05) is 43.2 Å². The molecule has 0 bridgehead atoms. The molecule has 25 heavy (non-hydrogen) atoms. The van der Waals surface area contributed by atoms with Crippen LogP contribution in [0, 0.1) is 11.8 Å². The molecule has 0 aliphatic carbocycles. The molecule has 2 aromatic carbocycles. The maximum Gasteiger partial charge on any atom is 0.258 e. The molecule has 0 saturated heterocycles. The first-order valence-electron chi connectivity index (χ1n) is 8.21. The van der Waals surface area contributed by atoms with E-state index in [9.17, 15) is 0 Å². The molecule has 4 aromatic rings. The molecule has 0 unspecified atom stereocenters. The summed E-state index contributed by atoms with van der Waals surface area (Å²) < 4.78 is 1.92. The molecule has 5 heteroatoms. The maximum absolute atomic E-state index is 4.76. The van der Waals surface area contributed by atoms with Crippen LogP contribution in [0.25, 0.3) is 16.7 Å². The van der Waals surface area contributed by atoms with Gasteiger partial charge in [0.1, 0.15) is 5.82 Å². The summed E-state index contributed by atoms with van der Waals surface area (Å²) in [7, 11) is 2.01. The van der Waals surface area contributed by atoms with Gasteiger partial charge in [-0.3, -0.25) is 4.40 Å². The lowest BCUT2D eigenvalue weighted by Crippen LogP contribution is -2.13. The normalized spacial score (nSPS) is 10.6. The number of para-hydroxylation sites is 2. The van der Waals surface area contributed by atoms with Crippen LogP contribution in [0.4, 0.5) is 11.5 Å². The van der Waals surface area contributed by atoms with Gasteiger partial charge in [-0.15, -0.1) is 10.2 Å². The summed E-state index contributed by atoms with van der Waals surface area (Å²) in [6.07, 6.45) is 0.773. The Bertz CT molecular complexity index is 1100. The van der Waals surface area contributed by atoms with E-state index in [0.29, 0.717) is 11.6 Å². The zero-order chi connectivity index (χ0) is 17.2. The van der Waals surface area contributed by atoms with Gasteiger partial charge in [0.05, 0.1) is 5.52 Å². The third kappa shape index (κ3) is 2.58. The van der Waals surface area contributed by atoms with Crippen molar-refractivity contribution in [2.45, 2.75) is 13.3 Å². The quantitative estimate of drug-likeness (QED) is 0.525. The predicted molar refractivity (Wildman–Crippen MR) is 100.0 cm³/mol. The van der Waals surface area contributed by atoms with Crippen LogP contribution in [-0.4, -0.2) is 26.6 Å². The zero-order valence-electron chi connectivity index (χ0n) is 14.1. The molecule has 0 N–H and O–H groups in total. The fraction of sp³-hybridized carbons (Fsp3) is 0.150. The molecule has 2 aromatic heterocycles. The Labute approximate surface area is 145 Å². The summed E-state index contributed by atoms with van der Waals surface area (Å²) in [6, 6.07) is 18.3. The van der Waals surface area contributed by atoms with E-state index in [1.54, 1.807) is 0 Å². The largest absolute Gasteiger partial charge is 0.329 e. The summed E-state index contributed by atoms with van der Waals surface area (Å²) >= 11 is 0. The Balaban J connectivity index is 2.00. The summed E-state index contributed by atoms with van der Waals surface area (Å²) in [5.41, 5.74) is 2.06. The van der Waals surface area contributed by atoms with Gasteiger partial charge < -0.3 is 4.90 Å². The highest BCUT2D eigenvalue weighted by Gasteiger charge is 2.16. The molecule has 0 radical (unpaired) electrons. The van der Waals surface area contributed by atoms with Crippen molar-refractivity contribution in [1.82, 2.24) is 19.6 Å². The van der Waals surface area contributed by atoms with E-state index in [0.717, 1.165) is 28.8 Å². The van der Waals surface area contributed by atoms with Gasteiger partial charge in [0.2, 0.25) is 5.82 Å². The molecule has 2 heterocycles. The SMILES string of the molecule is CCC#Cc1nnc2nc(N(C)c3ccccc3)c3ccccc3n12. The Hall–Kier alpha value is -3.39. The van der Waals surface area contributed by atoms with E-state index >= 15 is 0 Å². The Morgan fingerprint density at radius 2 is 1.76 bits per heavy atom. The van der Waals surface area contributed by atoms with Gasteiger partial charge >= 0.3 is 0 Å². The Kier molecular flexibility index (Phi) is 3.79. The fourth-order valence-electron chi connectivity index (χ4n) is 2.86. The molecule has 0 saturated carbocycles. The minimum absolute atomic E-state index is 0.553. The number of anilines is 2. The second-order valence-electron chi connectivity index (χ2n) is 5.66. The van der Waals surface area contributed by atoms with Crippen molar-refractivity contribution in [1.29, 1.82) is 0 Å². The molecule has 4 rings (SSSR count). The first kappa shape index (κ1) is 15.2. The van der Waals surface area contributed by atoms with Crippen LogP contribution in [0.5, 0.6) is 0 Å². The molecule has 0 amide bonds. The van der Waals surface area contributed by atoms with Crippen molar-refractivity contribution in [2.75, 3.05) is 11.9 Å². The molecule has 0 aliphatic heterocycles. The molecular formula is C20H17N5. The highest BCUT2D eigenvalue weighted by Crippen LogP contribution is 2.30. The molecule has 5 nitrogen and oxygen atoms in total. The van der Waals surface area contributed by atoms with Crippen LogP contribution in [-0.2, 0) is 0 Å². The lowest BCUT2D eigenvalue weighted by Gasteiger charge is -2.20. The summed E-state index contributed by atoms with van der Waals surface area (Å²) in [5.74, 6) is 8.15. The van der Waals surface area contributed by atoms with E-state index < -0.39 is 0 Å². The predicted octanol–water partition coefficient (Wildman–Crippen LogP) is 3.81. The molecule has 0 fully saturated rings. The number of hydrogen-bond acceptors (Lipinski definition) is 4. The second kappa shape index (κ2) is 6.25. The highest BCUT2D eigenvalue weighted by molar-refractivity contribution is 5.93. The third-order valence-corrected chi connectivity index (χ3v) is 4.08. The van der Waals surface area contributed by atoms with Crippen LogP contribution in [0.1, 0.15) is 19.2 Å². The lowest BCUT2D eigenvalue weighted by atomic mass is 10.2. The molecular weight excluding hydrogens is 310 g/mol. The summed E-state index contributed by atoms with van der Waals surface area (Å²) in [6.45, 7) is 2.01. The van der Waals surface area contributed by atoms with Gasteiger partial charge in [-0.05, 0) is 30.2 Å². The Morgan fingerprint density at radius 3 is 2.56 bits per heavy atom. The van der Waals surface area contributed by atoms with Gasteiger partial charge in [0.25, 0.3) is 5.78 Å². The van der Waals surface area contributed by atoms with Gasteiger partial charge in [-0.2, -0.15) is 4.98 Å². The average molecular weight is 327 g/mol. The molecule has 122 valence electrons. The maximum atomic E-state index is 4.76. The van der Waals surface area contributed by atoms with Gasteiger partial charge in [0.15, 0.2) is 0 Å².